The molecule has 3 heterocycles. The molecule has 1 aliphatic heterocycles. The number of piperidine rings is 1. The second-order valence-corrected chi connectivity index (χ2v) is 9.49. The zero-order chi connectivity index (χ0) is 24.4. The maximum atomic E-state index is 14.0. The quantitative estimate of drug-likeness (QED) is 0.352. The minimum atomic E-state index is -0.320. The normalized spacial score (nSPS) is 15.8. The summed E-state index contributed by atoms with van der Waals surface area (Å²) in [6, 6.07) is 12.2. The van der Waals surface area contributed by atoms with Gasteiger partial charge < -0.3 is 21.7 Å². The molecular weight excluding hydrogens is 465 g/mol. The van der Waals surface area contributed by atoms with E-state index in [2.05, 4.69) is 20.3 Å². The number of nitrogens with zero attached hydrogens (tertiary/aromatic N) is 4. The first kappa shape index (κ1) is 23.0. The number of nitrogens with two attached hydrogens (primary N) is 2. The second-order valence-electron chi connectivity index (χ2n) is 8.63. The van der Waals surface area contributed by atoms with E-state index in [9.17, 15) is 9.18 Å². The van der Waals surface area contributed by atoms with Crippen LogP contribution in [0.5, 0.6) is 0 Å². The summed E-state index contributed by atoms with van der Waals surface area (Å²) in [4.78, 5) is 19.7. The lowest BCUT2D eigenvalue weighted by Gasteiger charge is -2.34. The van der Waals surface area contributed by atoms with Crippen LogP contribution in [0.2, 0.25) is 0 Å². The van der Waals surface area contributed by atoms with Crippen molar-refractivity contribution < 1.29 is 9.18 Å². The van der Waals surface area contributed by atoms with Crippen LogP contribution in [0.4, 0.5) is 21.5 Å². The van der Waals surface area contributed by atoms with E-state index in [1.165, 1.54) is 17.4 Å². The van der Waals surface area contributed by atoms with E-state index in [4.69, 9.17) is 11.5 Å². The third-order valence-corrected chi connectivity index (χ3v) is 6.87. The summed E-state index contributed by atoms with van der Waals surface area (Å²) in [5.74, 6) is -0.593. The molecular formula is C25H26FN7OS. The third-order valence-electron chi connectivity index (χ3n) is 5.97. The first-order chi connectivity index (χ1) is 17.0. The predicted molar refractivity (Wildman–Crippen MR) is 137 cm³/mol. The summed E-state index contributed by atoms with van der Waals surface area (Å²) in [6.45, 7) is 1.91. The molecule has 180 valence electrons. The largest absolute Gasteiger partial charge is 0.399 e. The molecule has 1 aliphatic rings. The molecule has 4 aromatic rings. The Kier molecular flexibility index (Phi) is 6.47. The number of rotatable bonds is 6. The highest BCUT2D eigenvalue weighted by Crippen LogP contribution is 2.31. The number of thiazole rings is 1. The van der Waals surface area contributed by atoms with Crippen molar-refractivity contribution in [3.05, 3.63) is 77.3 Å². The van der Waals surface area contributed by atoms with Gasteiger partial charge in [0.05, 0.1) is 24.1 Å². The van der Waals surface area contributed by atoms with Gasteiger partial charge in [0.1, 0.15) is 16.5 Å². The number of anilines is 3. The monoisotopic (exact) mass is 491 g/mol. The zero-order valence-electron chi connectivity index (χ0n) is 19.0. The smallest absolute Gasteiger partial charge is 0.275 e. The average Bonchev–Trinajstić information content (AvgIpc) is 3.51. The highest BCUT2D eigenvalue weighted by molar-refractivity contribution is 7.13. The Bertz CT molecular complexity index is 1350. The summed E-state index contributed by atoms with van der Waals surface area (Å²) in [6.07, 6.45) is 5.45. The number of amides is 1. The van der Waals surface area contributed by atoms with Gasteiger partial charge in [-0.05, 0) is 37.1 Å². The number of hydrogen-bond donors (Lipinski definition) is 3. The van der Waals surface area contributed by atoms with Gasteiger partial charge in [-0.1, -0.05) is 18.2 Å². The number of halogens is 1. The van der Waals surface area contributed by atoms with Crippen LogP contribution in [0.1, 0.15) is 28.9 Å². The number of aromatic nitrogens is 3. The van der Waals surface area contributed by atoms with Crippen LogP contribution >= 0.6 is 11.3 Å². The van der Waals surface area contributed by atoms with Crippen molar-refractivity contribution in [3.8, 4) is 10.6 Å². The van der Waals surface area contributed by atoms with Crippen molar-refractivity contribution in [2.45, 2.75) is 25.4 Å². The molecule has 1 saturated heterocycles. The van der Waals surface area contributed by atoms with Crippen LogP contribution in [-0.4, -0.2) is 39.8 Å². The fourth-order valence-corrected chi connectivity index (χ4v) is 4.99. The van der Waals surface area contributed by atoms with Gasteiger partial charge >= 0.3 is 0 Å². The molecule has 0 saturated carbocycles. The van der Waals surface area contributed by atoms with E-state index in [1.54, 1.807) is 46.7 Å². The average molecular weight is 492 g/mol. The van der Waals surface area contributed by atoms with E-state index in [0.717, 1.165) is 37.2 Å². The predicted octanol–water partition coefficient (Wildman–Crippen LogP) is 3.96. The van der Waals surface area contributed by atoms with E-state index >= 15 is 0 Å². The van der Waals surface area contributed by atoms with Gasteiger partial charge in [-0.25, -0.2) is 9.37 Å². The Hall–Kier alpha value is -3.76. The number of carbonyl (C=O) groups excluding carboxylic acids is 1. The summed E-state index contributed by atoms with van der Waals surface area (Å²) >= 11 is 1.35. The highest BCUT2D eigenvalue weighted by Gasteiger charge is 2.21. The van der Waals surface area contributed by atoms with Crippen LogP contribution < -0.4 is 21.7 Å². The molecule has 0 bridgehead atoms. The van der Waals surface area contributed by atoms with E-state index in [-0.39, 0.29) is 17.8 Å². The molecule has 0 unspecified atom stereocenters. The lowest BCUT2D eigenvalue weighted by Crippen LogP contribution is -2.43. The van der Waals surface area contributed by atoms with E-state index in [1.807, 2.05) is 12.1 Å². The molecule has 1 fully saturated rings. The molecule has 5 N–H and O–H groups in total. The Morgan fingerprint density at radius 1 is 1.26 bits per heavy atom. The Balaban J connectivity index is 1.31. The molecule has 0 aliphatic carbocycles. The van der Waals surface area contributed by atoms with Crippen molar-refractivity contribution in [2.75, 3.05) is 29.0 Å². The van der Waals surface area contributed by atoms with Crippen molar-refractivity contribution in [1.29, 1.82) is 0 Å². The number of hydrogen-bond acceptors (Lipinski definition) is 7. The SMILES string of the molecule is Nc1ccc(N2CCC[C@@H](N)C2)c(NC(=O)c2csc(-c3cnn(Cc4ccccc4F)c3)n2)c1. The first-order valence-corrected chi connectivity index (χ1v) is 12.3. The van der Waals surface area contributed by atoms with Crippen LogP contribution in [0.15, 0.2) is 60.2 Å². The van der Waals surface area contributed by atoms with Crippen molar-refractivity contribution in [1.82, 2.24) is 14.8 Å². The second kappa shape index (κ2) is 9.85. The topological polar surface area (TPSA) is 115 Å². The number of carbonyl (C=O) groups is 1. The summed E-state index contributed by atoms with van der Waals surface area (Å²) in [7, 11) is 0. The fraction of sp³-hybridized carbons (Fsp3) is 0.240. The maximum absolute atomic E-state index is 14.0. The van der Waals surface area contributed by atoms with E-state index < -0.39 is 0 Å². The molecule has 0 radical (unpaired) electrons. The lowest BCUT2D eigenvalue weighted by molar-refractivity contribution is 0.102. The Morgan fingerprint density at radius 2 is 2.11 bits per heavy atom. The van der Waals surface area contributed by atoms with Gasteiger partial charge in [-0.3, -0.25) is 9.48 Å². The van der Waals surface area contributed by atoms with Crippen molar-refractivity contribution in [2.24, 2.45) is 5.73 Å². The summed E-state index contributed by atoms with van der Waals surface area (Å²) in [5.41, 5.74) is 15.9. The van der Waals surface area contributed by atoms with Crippen molar-refractivity contribution in [3.63, 3.8) is 0 Å². The molecule has 8 nitrogen and oxygen atoms in total. The molecule has 2 aromatic carbocycles. The third kappa shape index (κ3) is 5.18. The zero-order valence-corrected chi connectivity index (χ0v) is 19.8. The molecule has 35 heavy (non-hydrogen) atoms. The Morgan fingerprint density at radius 3 is 2.94 bits per heavy atom. The molecule has 5 rings (SSSR count). The van der Waals surface area contributed by atoms with Gasteiger partial charge in [0, 0.05) is 47.5 Å². The minimum Gasteiger partial charge on any atom is -0.399 e. The molecule has 10 heteroatoms. The van der Waals surface area contributed by atoms with Gasteiger partial charge in [0.15, 0.2) is 0 Å². The molecule has 0 spiro atoms. The Labute approximate surface area is 206 Å². The highest BCUT2D eigenvalue weighted by atomic mass is 32.1. The van der Waals surface area contributed by atoms with Crippen LogP contribution in [0.25, 0.3) is 10.6 Å². The molecule has 1 amide bonds. The summed E-state index contributed by atoms with van der Waals surface area (Å²) in [5, 5.41) is 9.65. The van der Waals surface area contributed by atoms with Gasteiger partial charge in [-0.15, -0.1) is 11.3 Å². The van der Waals surface area contributed by atoms with Crippen LogP contribution in [-0.2, 0) is 6.54 Å². The van der Waals surface area contributed by atoms with E-state index in [0.29, 0.717) is 34.2 Å². The van der Waals surface area contributed by atoms with Crippen LogP contribution in [0.3, 0.4) is 0 Å². The van der Waals surface area contributed by atoms with Crippen LogP contribution in [0, 0.1) is 5.82 Å². The maximum Gasteiger partial charge on any atom is 0.275 e. The molecule has 1 atom stereocenters. The number of nitrogen functional groups attached to an aromatic ring is 1. The number of nitrogens with one attached hydrogen (secondary N) is 1. The summed E-state index contributed by atoms with van der Waals surface area (Å²) < 4.78 is 15.6. The van der Waals surface area contributed by atoms with Gasteiger partial charge in [0.25, 0.3) is 5.91 Å². The lowest BCUT2D eigenvalue weighted by atomic mass is 10.1. The minimum absolute atomic E-state index is 0.102. The standard InChI is InChI=1S/C25H26FN7OS/c26-20-6-2-1-4-16(20)12-33-13-17(11-29-33)25-31-22(15-35-25)24(34)30-21-10-18(27)7-8-23(21)32-9-3-5-19(28)14-32/h1-2,4,6-8,10-11,13,15,19H,3,5,9,12,14,27-28H2,(H,30,34)/t19-/m1/s1. The molecule has 2 aromatic heterocycles. The number of benzene rings is 2. The van der Waals surface area contributed by atoms with Gasteiger partial charge in [0.2, 0.25) is 0 Å². The van der Waals surface area contributed by atoms with Crippen molar-refractivity contribution >= 4 is 34.3 Å². The fourth-order valence-electron chi connectivity index (χ4n) is 4.22. The first-order valence-electron chi connectivity index (χ1n) is 11.4. The van der Waals surface area contributed by atoms with Gasteiger partial charge in [-0.2, -0.15) is 5.10 Å².